The second kappa shape index (κ2) is 8.49. The molecule has 2 amide bonds. The van der Waals surface area contributed by atoms with Crippen molar-refractivity contribution in [3.05, 3.63) is 11.8 Å². The maximum Gasteiger partial charge on any atom is 0.245 e. The number of aromatic nitrogens is 1. The van der Waals surface area contributed by atoms with Crippen molar-refractivity contribution in [2.24, 2.45) is 0 Å². The summed E-state index contributed by atoms with van der Waals surface area (Å²) in [7, 11) is 3.36. The van der Waals surface area contributed by atoms with Gasteiger partial charge < -0.3 is 20.1 Å². The first-order chi connectivity index (χ1) is 8.52. The predicted octanol–water partition coefficient (Wildman–Crippen LogP) is 0.411. The maximum atomic E-state index is 11.6. The highest BCUT2D eigenvalue weighted by molar-refractivity contribution is 5.93. The van der Waals surface area contributed by atoms with Gasteiger partial charge in [0.2, 0.25) is 11.8 Å². The summed E-state index contributed by atoms with van der Waals surface area (Å²) in [6, 6.07) is 1.61. The van der Waals surface area contributed by atoms with Crippen molar-refractivity contribution in [1.82, 2.24) is 15.4 Å². The lowest BCUT2D eigenvalue weighted by molar-refractivity contribution is -0.133. The molecule has 1 heterocycles. The molecule has 108 valence electrons. The number of carbonyl (C=O) groups is 2. The molecule has 0 aliphatic rings. The Labute approximate surface area is 118 Å². The van der Waals surface area contributed by atoms with E-state index in [0.29, 0.717) is 24.5 Å². The number of aryl methyl sites for hydroxylation is 1. The van der Waals surface area contributed by atoms with Crippen LogP contribution in [0.2, 0.25) is 0 Å². The van der Waals surface area contributed by atoms with E-state index in [1.807, 2.05) is 0 Å². The van der Waals surface area contributed by atoms with E-state index in [1.165, 1.54) is 4.90 Å². The second-order valence-electron chi connectivity index (χ2n) is 3.97. The minimum Gasteiger partial charge on any atom is -0.360 e. The Kier molecular flexibility index (Phi) is 7.78. The summed E-state index contributed by atoms with van der Waals surface area (Å²) < 4.78 is 4.82. The number of likely N-dealkylation sites (N-methyl/N-ethyl adjacent to an activating group) is 1. The van der Waals surface area contributed by atoms with Gasteiger partial charge in [0.1, 0.15) is 5.76 Å². The Hall–Kier alpha value is -1.60. The maximum absolute atomic E-state index is 11.6. The van der Waals surface area contributed by atoms with Gasteiger partial charge in [0, 0.05) is 26.1 Å². The Bertz CT molecular complexity index is 422. The van der Waals surface area contributed by atoms with E-state index in [4.69, 9.17) is 4.52 Å². The Morgan fingerprint density at radius 3 is 2.68 bits per heavy atom. The molecular formula is C11H19ClN4O3. The highest BCUT2D eigenvalue weighted by atomic mass is 35.5. The van der Waals surface area contributed by atoms with Gasteiger partial charge in [-0.3, -0.25) is 9.59 Å². The number of rotatable bonds is 6. The molecule has 0 bridgehead atoms. The minimum absolute atomic E-state index is 0. The fourth-order valence-corrected chi connectivity index (χ4v) is 1.33. The Balaban J connectivity index is 0.00000324. The van der Waals surface area contributed by atoms with Crippen LogP contribution in [-0.4, -0.2) is 49.1 Å². The van der Waals surface area contributed by atoms with Crippen LogP contribution in [0, 0.1) is 6.92 Å². The summed E-state index contributed by atoms with van der Waals surface area (Å²) >= 11 is 0. The quantitative estimate of drug-likeness (QED) is 0.792. The molecule has 19 heavy (non-hydrogen) atoms. The summed E-state index contributed by atoms with van der Waals surface area (Å²) in [5.74, 6) is 0.580. The normalized spacial score (nSPS) is 9.63. The van der Waals surface area contributed by atoms with Gasteiger partial charge in [0.15, 0.2) is 5.82 Å². The van der Waals surface area contributed by atoms with Crippen molar-refractivity contribution in [1.29, 1.82) is 0 Å². The molecule has 1 aromatic heterocycles. The molecule has 2 N–H and O–H groups in total. The van der Waals surface area contributed by atoms with Crippen molar-refractivity contribution >= 4 is 30.0 Å². The highest BCUT2D eigenvalue weighted by Gasteiger charge is 2.13. The number of amides is 2. The van der Waals surface area contributed by atoms with Crippen LogP contribution >= 0.6 is 12.4 Å². The fourth-order valence-electron chi connectivity index (χ4n) is 1.33. The van der Waals surface area contributed by atoms with Crippen molar-refractivity contribution in [3.8, 4) is 0 Å². The molecule has 0 spiro atoms. The number of hydrogen-bond donors (Lipinski definition) is 2. The highest BCUT2D eigenvalue weighted by Crippen LogP contribution is 2.06. The lowest BCUT2D eigenvalue weighted by Gasteiger charge is -2.15. The lowest BCUT2D eigenvalue weighted by Crippen LogP contribution is -2.36. The second-order valence-corrected chi connectivity index (χ2v) is 3.97. The molecule has 0 unspecified atom stereocenters. The largest absolute Gasteiger partial charge is 0.360 e. The standard InChI is InChI=1S/C11H18N4O3.ClH/c1-8-6-9(14-18-8)13-10(16)7-15(3)11(17)4-5-12-2;/h6,12H,4-5,7H2,1-3H3,(H,13,14,16);1H. The van der Waals surface area contributed by atoms with Crippen LogP contribution in [0.25, 0.3) is 0 Å². The summed E-state index contributed by atoms with van der Waals surface area (Å²) in [5.41, 5.74) is 0. The number of anilines is 1. The average molecular weight is 291 g/mol. The third-order valence-corrected chi connectivity index (χ3v) is 2.29. The molecule has 0 atom stereocenters. The number of halogens is 1. The van der Waals surface area contributed by atoms with Crippen LogP contribution in [0.3, 0.4) is 0 Å². The van der Waals surface area contributed by atoms with Crippen molar-refractivity contribution < 1.29 is 14.1 Å². The van der Waals surface area contributed by atoms with E-state index in [1.54, 1.807) is 27.1 Å². The van der Waals surface area contributed by atoms with E-state index in [-0.39, 0.29) is 30.8 Å². The molecule has 8 heteroatoms. The van der Waals surface area contributed by atoms with E-state index >= 15 is 0 Å². The molecule has 0 radical (unpaired) electrons. The molecule has 1 aromatic rings. The average Bonchev–Trinajstić information content (AvgIpc) is 2.71. The van der Waals surface area contributed by atoms with Gasteiger partial charge in [-0.05, 0) is 14.0 Å². The fraction of sp³-hybridized carbons (Fsp3) is 0.545. The summed E-state index contributed by atoms with van der Waals surface area (Å²) in [5, 5.41) is 9.07. The van der Waals surface area contributed by atoms with E-state index < -0.39 is 0 Å². The molecule has 0 fully saturated rings. The molecular weight excluding hydrogens is 272 g/mol. The molecule has 7 nitrogen and oxygen atoms in total. The Morgan fingerprint density at radius 1 is 1.47 bits per heavy atom. The van der Waals surface area contributed by atoms with Crippen LogP contribution in [0.15, 0.2) is 10.6 Å². The van der Waals surface area contributed by atoms with Crippen molar-refractivity contribution in [3.63, 3.8) is 0 Å². The van der Waals surface area contributed by atoms with E-state index in [0.717, 1.165) is 0 Å². The number of hydrogen-bond acceptors (Lipinski definition) is 5. The Morgan fingerprint density at radius 2 is 2.16 bits per heavy atom. The molecule has 1 rings (SSSR count). The topological polar surface area (TPSA) is 87.5 Å². The van der Waals surface area contributed by atoms with E-state index in [9.17, 15) is 9.59 Å². The van der Waals surface area contributed by atoms with Gasteiger partial charge in [-0.25, -0.2) is 0 Å². The summed E-state index contributed by atoms with van der Waals surface area (Å²) in [4.78, 5) is 24.5. The molecule has 0 aliphatic carbocycles. The van der Waals surface area contributed by atoms with Crippen LogP contribution in [0.1, 0.15) is 12.2 Å². The zero-order valence-electron chi connectivity index (χ0n) is 11.2. The third kappa shape index (κ3) is 6.21. The predicted molar refractivity (Wildman–Crippen MR) is 73.3 cm³/mol. The molecule has 0 aliphatic heterocycles. The molecule has 0 saturated heterocycles. The van der Waals surface area contributed by atoms with Crippen LogP contribution in [0.5, 0.6) is 0 Å². The number of nitrogens with zero attached hydrogens (tertiary/aromatic N) is 2. The van der Waals surface area contributed by atoms with Crippen molar-refractivity contribution in [2.75, 3.05) is 32.5 Å². The first kappa shape index (κ1) is 17.4. The molecule has 0 aromatic carbocycles. The van der Waals surface area contributed by atoms with Gasteiger partial charge in [-0.2, -0.15) is 0 Å². The van der Waals surface area contributed by atoms with Crippen molar-refractivity contribution in [2.45, 2.75) is 13.3 Å². The van der Waals surface area contributed by atoms with Gasteiger partial charge in [0.05, 0.1) is 6.54 Å². The van der Waals surface area contributed by atoms with Gasteiger partial charge in [-0.1, -0.05) is 5.16 Å². The van der Waals surface area contributed by atoms with Crippen LogP contribution in [0.4, 0.5) is 5.82 Å². The smallest absolute Gasteiger partial charge is 0.245 e. The van der Waals surface area contributed by atoms with Gasteiger partial charge in [-0.15, -0.1) is 12.4 Å². The lowest BCUT2D eigenvalue weighted by atomic mass is 10.3. The van der Waals surface area contributed by atoms with Crippen LogP contribution in [-0.2, 0) is 9.59 Å². The first-order valence-electron chi connectivity index (χ1n) is 5.64. The number of nitrogens with one attached hydrogen (secondary N) is 2. The summed E-state index contributed by atoms with van der Waals surface area (Å²) in [6.07, 6.45) is 0.364. The minimum atomic E-state index is -0.302. The van der Waals surface area contributed by atoms with Gasteiger partial charge in [0.25, 0.3) is 0 Å². The zero-order chi connectivity index (χ0) is 13.5. The number of carbonyl (C=O) groups excluding carboxylic acids is 2. The third-order valence-electron chi connectivity index (χ3n) is 2.29. The van der Waals surface area contributed by atoms with E-state index in [2.05, 4.69) is 15.8 Å². The zero-order valence-corrected chi connectivity index (χ0v) is 12.0. The SMILES string of the molecule is CNCCC(=O)N(C)CC(=O)Nc1cc(C)on1.Cl. The van der Waals surface area contributed by atoms with Gasteiger partial charge >= 0.3 is 0 Å². The van der Waals surface area contributed by atoms with Crippen LogP contribution < -0.4 is 10.6 Å². The summed E-state index contributed by atoms with van der Waals surface area (Å²) in [6.45, 7) is 2.32. The molecule has 0 saturated carbocycles. The monoisotopic (exact) mass is 290 g/mol. The first-order valence-corrected chi connectivity index (χ1v) is 5.64.